The van der Waals surface area contributed by atoms with Crippen molar-refractivity contribution >= 4 is 11.7 Å². The Balaban J connectivity index is 1.84. The van der Waals surface area contributed by atoms with Gasteiger partial charge in [0.05, 0.1) is 11.6 Å². The van der Waals surface area contributed by atoms with Gasteiger partial charge in [0, 0.05) is 17.3 Å². The molecular weight excluding hydrogens is 378 g/mol. The summed E-state index contributed by atoms with van der Waals surface area (Å²) in [7, 11) is 0. The molecule has 152 valence electrons. The number of aryl methyl sites for hydroxylation is 1. The minimum atomic E-state index is -0.330. The Bertz CT molecular complexity index is 1120. The van der Waals surface area contributed by atoms with E-state index in [1.807, 2.05) is 37.3 Å². The molecule has 6 heteroatoms. The lowest BCUT2D eigenvalue weighted by Crippen LogP contribution is -2.33. The van der Waals surface area contributed by atoms with Gasteiger partial charge in [0.1, 0.15) is 17.1 Å². The van der Waals surface area contributed by atoms with Gasteiger partial charge in [-0.1, -0.05) is 66.9 Å². The van der Waals surface area contributed by atoms with E-state index in [9.17, 15) is 9.59 Å². The van der Waals surface area contributed by atoms with Crippen LogP contribution in [0.25, 0.3) is 11.3 Å². The van der Waals surface area contributed by atoms with Crippen molar-refractivity contribution in [1.82, 2.24) is 15.5 Å². The van der Waals surface area contributed by atoms with Crippen molar-refractivity contribution in [1.29, 1.82) is 0 Å². The number of nitrogens with zero attached hydrogens (tertiary/aromatic N) is 1. The first-order valence-electron chi connectivity index (χ1n) is 9.47. The fourth-order valence-electron chi connectivity index (χ4n) is 3.12. The predicted molar refractivity (Wildman–Crippen MR) is 116 cm³/mol. The summed E-state index contributed by atoms with van der Waals surface area (Å²) in [6.45, 7) is 10.9. The molecule has 3 rings (SSSR count). The number of ketones is 1. The van der Waals surface area contributed by atoms with Gasteiger partial charge in [0.15, 0.2) is 5.78 Å². The normalized spacial score (nSPS) is 12.3. The summed E-state index contributed by atoms with van der Waals surface area (Å²) in [6, 6.07) is 10.6. The summed E-state index contributed by atoms with van der Waals surface area (Å²) in [5.41, 5.74) is 3.09. The molecule has 0 spiro atoms. The molecule has 6 nitrogen and oxygen atoms in total. The summed E-state index contributed by atoms with van der Waals surface area (Å²) in [4.78, 5) is 28.6. The minimum absolute atomic E-state index is 0.263. The van der Waals surface area contributed by atoms with Crippen LogP contribution in [0.1, 0.15) is 39.1 Å². The smallest absolute Gasteiger partial charge is 0.268 e. The number of allylic oxidation sites excluding steroid dienone is 2. The molecule has 0 saturated carbocycles. The summed E-state index contributed by atoms with van der Waals surface area (Å²) >= 11 is 0. The molecule has 2 heterocycles. The molecule has 1 unspecified atom stereocenters. The highest BCUT2D eigenvalue weighted by Crippen LogP contribution is 2.27. The molecule has 0 aliphatic rings. The van der Waals surface area contributed by atoms with Gasteiger partial charge in [-0.15, -0.1) is 0 Å². The van der Waals surface area contributed by atoms with Crippen molar-refractivity contribution in [3.63, 3.8) is 0 Å². The monoisotopic (exact) mass is 401 g/mol. The molecule has 30 heavy (non-hydrogen) atoms. The molecule has 2 aromatic heterocycles. The fourth-order valence-corrected chi connectivity index (χ4v) is 3.12. The predicted octanol–water partition coefficient (Wildman–Crippen LogP) is 4.63. The zero-order valence-electron chi connectivity index (χ0n) is 16.9. The first-order chi connectivity index (χ1) is 14.5. The maximum absolute atomic E-state index is 13.1. The SMILES string of the molecule is C=C/C=C(\C=C)C(C)NC(=O)c1cc(C(=O)c2c(-c3ccccc3)noc2C)c[nH]1. The van der Waals surface area contributed by atoms with E-state index in [-0.39, 0.29) is 23.4 Å². The largest absolute Gasteiger partial charge is 0.360 e. The van der Waals surface area contributed by atoms with Crippen LogP contribution in [-0.4, -0.2) is 27.9 Å². The summed E-state index contributed by atoms with van der Waals surface area (Å²) < 4.78 is 5.28. The number of amides is 1. The molecular formula is C24H23N3O3. The molecule has 1 atom stereocenters. The minimum Gasteiger partial charge on any atom is -0.360 e. The van der Waals surface area contributed by atoms with Gasteiger partial charge in [0.25, 0.3) is 5.91 Å². The van der Waals surface area contributed by atoms with E-state index in [1.165, 1.54) is 12.3 Å². The van der Waals surface area contributed by atoms with Crippen LogP contribution >= 0.6 is 0 Å². The van der Waals surface area contributed by atoms with E-state index in [2.05, 4.69) is 28.6 Å². The van der Waals surface area contributed by atoms with Gasteiger partial charge in [-0.05, 0) is 25.5 Å². The third-order valence-corrected chi connectivity index (χ3v) is 4.72. The second-order valence-electron chi connectivity index (χ2n) is 6.76. The zero-order valence-corrected chi connectivity index (χ0v) is 16.9. The Morgan fingerprint density at radius 3 is 2.63 bits per heavy atom. The first-order valence-corrected chi connectivity index (χ1v) is 9.47. The van der Waals surface area contributed by atoms with Crippen molar-refractivity contribution in [2.24, 2.45) is 0 Å². The Morgan fingerprint density at radius 2 is 1.97 bits per heavy atom. The summed E-state index contributed by atoms with van der Waals surface area (Å²) in [6.07, 6.45) is 6.59. The van der Waals surface area contributed by atoms with Gasteiger partial charge >= 0.3 is 0 Å². The average Bonchev–Trinajstić information content (AvgIpc) is 3.39. The van der Waals surface area contributed by atoms with E-state index in [4.69, 9.17) is 4.52 Å². The molecule has 2 N–H and O–H groups in total. The van der Waals surface area contributed by atoms with Crippen molar-refractivity contribution in [2.45, 2.75) is 19.9 Å². The lowest BCUT2D eigenvalue weighted by molar-refractivity contribution is 0.0941. The van der Waals surface area contributed by atoms with E-state index < -0.39 is 0 Å². The fraction of sp³-hybridized carbons (Fsp3) is 0.125. The number of hydrogen-bond donors (Lipinski definition) is 2. The standard InChI is InChI=1S/C24H23N3O3/c1-5-10-17(6-2)15(3)26-24(29)20-13-19(14-25-20)23(28)21-16(4)30-27-22(21)18-11-8-7-9-12-18/h5-15,25H,1-2H2,3-4H3,(H,26,29)/b17-10+. The van der Waals surface area contributed by atoms with Gasteiger partial charge < -0.3 is 14.8 Å². The van der Waals surface area contributed by atoms with E-state index in [1.54, 1.807) is 25.2 Å². The molecule has 0 aliphatic carbocycles. The average molecular weight is 401 g/mol. The third kappa shape index (κ3) is 4.22. The Labute approximate surface area is 175 Å². The molecule has 0 radical (unpaired) electrons. The number of H-pyrrole nitrogens is 1. The number of carbonyl (C=O) groups is 2. The van der Waals surface area contributed by atoms with Gasteiger partial charge in [-0.25, -0.2) is 0 Å². The van der Waals surface area contributed by atoms with E-state index >= 15 is 0 Å². The number of carbonyl (C=O) groups excluding carboxylic acids is 2. The van der Waals surface area contributed by atoms with Crippen LogP contribution in [0.5, 0.6) is 0 Å². The lowest BCUT2D eigenvalue weighted by Gasteiger charge is -2.14. The first kappa shape index (κ1) is 20.8. The number of aromatic nitrogens is 2. The number of rotatable bonds is 8. The highest BCUT2D eigenvalue weighted by molar-refractivity contribution is 6.13. The Morgan fingerprint density at radius 1 is 1.23 bits per heavy atom. The number of nitrogens with one attached hydrogen (secondary N) is 2. The van der Waals surface area contributed by atoms with Crippen molar-refractivity contribution in [3.8, 4) is 11.3 Å². The van der Waals surface area contributed by atoms with Gasteiger partial charge in [0.2, 0.25) is 0 Å². The Kier molecular flexibility index (Phi) is 6.27. The third-order valence-electron chi connectivity index (χ3n) is 4.72. The van der Waals surface area contributed by atoms with Crippen LogP contribution in [0.3, 0.4) is 0 Å². The highest BCUT2D eigenvalue weighted by atomic mass is 16.5. The maximum atomic E-state index is 13.1. The zero-order chi connectivity index (χ0) is 21.7. The molecule has 0 bridgehead atoms. The molecule has 0 saturated heterocycles. The number of benzene rings is 1. The van der Waals surface area contributed by atoms with Crippen LogP contribution in [0, 0.1) is 6.92 Å². The molecule has 0 fully saturated rings. The van der Waals surface area contributed by atoms with Gasteiger partial charge in [-0.2, -0.15) is 0 Å². The number of aromatic amines is 1. The van der Waals surface area contributed by atoms with E-state index in [0.717, 1.165) is 11.1 Å². The Hall–Kier alpha value is -3.93. The van der Waals surface area contributed by atoms with Crippen LogP contribution in [-0.2, 0) is 0 Å². The van der Waals surface area contributed by atoms with Crippen LogP contribution in [0.4, 0.5) is 0 Å². The van der Waals surface area contributed by atoms with Crippen molar-refractivity contribution in [2.75, 3.05) is 0 Å². The molecule has 1 aromatic carbocycles. The maximum Gasteiger partial charge on any atom is 0.268 e. The summed E-state index contributed by atoms with van der Waals surface area (Å²) in [5, 5.41) is 6.92. The van der Waals surface area contributed by atoms with Crippen molar-refractivity contribution < 1.29 is 14.1 Å². The van der Waals surface area contributed by atoms with Crippen LogP contribution in [0.2, 0.25) is 0 Å². The highest BCUT2D eigenvalue weighted by Gasteiger charge is 2.24. The van der Waals surface area contributed by atoms with Gasteiger partial charge in [-0.3, -0.25) is 9.59 Å². The lowest BCUT2D eigenvalue weighted by atomic mass is 9.99. The second kappa shape index (κ2) is 9.05. The molecule has 0 aliphatic heterocycles. The second-order valence-corrected chi connectivity index (χ2v) is 6.76. The van der Waals surface area contributed by atoms with Crippen LogP contribution in [0.15, 0.2) is 84.1 Å². The molecule has 1 amide bonds. The van der Waals surface area contributed by atoms with Crippen LogP contribution < -0.4 is 5.32 Å². The topological polar surface area (TPSA) is 88.0 Å². The van der Waals surface area contributed by atoms with E-state index in [0.29, 0.717) is 22.6 Å². The quantitative estimate of drug-likeness (QED) is 0.426. The summed E-state index contributed by atoms with van der Waals surface area (Å²) in [5.74, 6) is -0.178. The molecule has 3 aromatic rings. The number of hydrogen-bond acceptors (Lipinski definition) is 4. The van der Waals surface area contributed by atoms with Crippen molar-refractivity contribution in [3.05, 3.63) is 102 Å².